The van der Waals surface area contributed by atoms with Gasteiger partial charge in [0, 0.05) is 25.4 Å². The minimum absolute atomic E-state index is 0.181. The van der Waals surface area contributed by atoms with Crippen molar-refractivity contribution in [3.63, 3.8) is 0 Å². The van der Waals surface area contributed by atoms with E-state index in [-0.39, 0.29) is 11.8 Å². The van der Waals surface area contributed by atoms with E-state index in [1.54, 1.807) is 0 Å². The van der Waals surface area contributed by atoms with Crippen molar-refractivity contribution in [1.29, 1.82) is 0 Å². The lowest BCUT2D eigenvalue weighted by Crippen LogP contribution is -2.39. The first kappa shape index (κ1) is 15.2. The average Bonchev–Trinajstić information content (AvgIpc) is 2.74. The van der Waals surface area contributed by atoms with Gasteiger partial charge >= 0.3 is 0 Å². The van der Waals surface area contributed by atoms with Crippen LogP contribution in [-0.4, -0.2) is 54.7 Å². The van der Waals surface area contributed by atoms with Crippen LogP contribution in [0.2, 0.25) is 0 Å². The predicted octanol–water partition coefficient (Wildman–Crippen LogP) is 1.55. The fraction of sp³-hybridized carbons (Fsp3) is 0.857. The van der Waals surface area contributed by atoms with Crippen molar-refractivity contribution >= 4 is 11.7 Å². The van der Waals surface area contributed by atoms with Crippen LogP contribution >= 0.6 is 0 Å². The lowest BCUT2D eigenvalue weighted by Gasteiger charge is -2.23. The zero-order valence-electron chi connectivity index (χ0n) is 11.9. The van der Waals surface area contributed by atoms with Crippen molar-refractivity contribution < 1.29 is 9.59 Å². The van der Waals surface area contributed by atoms with Crippen molar-refractivity contribution in [3.8, 4) is 0 Å². The molecule has 0 aromatic carbocycles. The lowest BCUT2D eigenvalue weighted by atomic mass is 10.0. The number of hydrogen-bond acceptors (Lipinski definition) is 3. The first-order chi connectivity index (χ1) is 8.58. The quantitative estimate of drug-likeness (QED) is 0.692. The Bertz CT molecular complexity index is 288. The monoisotopic (exact) mass is 254 g/mol. The third kappa shape index (κ3) is 4.41. The molecule has 4 nitrogen and oxygen atoms in total. The highest BCUT2D eigenvalue weighted by molar-refractivity contribution is 5.82. The van der Waals surface area contributed by atoms with E-state index in [1.165, 1.54) is 0 Å². The highest BCUT2D eigenvalue weighted by Gasteiger charge is 2.24. The van der Waals surface area contributed by atoms with Crippen molar-refractivity contribution in [2.75, 3.05) is 33.2 Å². The van der Waals surface area contributed by atoms with Gasteiger partial charge in [-0.2, -0.15) is 0 Å². The predicted molar refractivity (Wildman–Crippen MR) is 72.4 cm³/mol. The summed E-state index contributed by atoms with van der Waals surface area (Å²) in [4.78, 5) is 27.3. The van der Waals surface area contributed by atoms with E-state index >= 15 is 0 Å². The van der Waals surface area contributed by atoms with Crippen LogP contribution in [0.25, 0.3) is 0 Å². The number of Topliss-reactive ketones (excluding diaryl/α,β-unsaturated/α-hetero) is 1. The normalized spacial score (nSPS) is 19.6. The second-order valence-electron chi connectivity index (χ2n) is 5.15. The molecule has 1 atom stereocenters. The highest BCUT2D eigenvalue weighted by atomic mass is 16.2. The molecular weight excluding hydrogens is 228 g/mol. The summed E-state index contributed by atoms with van der Waals surface area (Å²) in [6.07, 6.45) is 3.75. The first-order valence-corrected chi connectivity index (χ1v) is 7.07. The van der Waals surface area contributed by atoms with Gasteiger partial charge in [0.25, 0.3) is 0 Å². The third-order valence-electron chi connectivity index (χ3n) is 3.81. The summed E-state index contributed by atoms with van der Waals surface area (Å²) in [6.45, 7) is 6.83. The van der Waals surface area contributed by atoms with Gasteiger partial charge in [0.1, 0.15) is 5.78 Å². The number of carbonyl (C=O) groups is 2. The molecule has 1 aliphatic carbocycles. The number of nitrogens with zero attached hydrogens (tertiary/aromatic N) is 2. The Kier molecular flexibility index (Phi) is 6.33. The van der Waals surface area contributed by atoms with Crippen LogP contribution in [0.5, 0.6) is 0 Å². The van der Waals surface area contributed by atoms with Crippen LogP contribution in [-0.2, 0) is 9.59 Å². The SMILES string of the molecule is CCN(CC)C(=O)CN(C)CCC1CCCC1=O. The summed E-state index contributed by atoms with van der Waals surface area (Å²) in [6, 6.07) is 0. The van der Waals surface area contributed by atoms with Gasteiger partial charge in [-0.05, 0) is 46.7 Å². The smallest absolute Gasteiger partial charge is 0.236 e. The summed E-state index contributed by atoms with van der Waals surface area (Å²) >= 11 is 0. The molecule has 1 amide bonds. The van der Waals surface area contributed by atoms with E-state index in [0.717, 1.165) is 45.3 Å². The van der Waals surface area contributed by atoms with Crippen LogP contribution in [0.4, 0.5) is 0 Å². The van der Waals surface area contributed by atoms with Crippen molar-refractivity contribution in [3.05, 3.63) is 0 Å². The number of amides is 1. The first-order valence-electron chi connectivity index (χ1n) is 7.07. The summed E-state index contributed by atoms with van der Waals surface area (Å²) in [5.74, 6) is 0.842. The molecule has 4 heteroatoms. The van der Waals surface area contributed by atoms with Crippen molar-refractivity contribution in [2.45, 2.75) is 39.5 Å². The molecule has 1 saturated carbocycles. The summed E-state index contributed by atoms with van der Waals surface area (Å²) < 4.78 is 0. The number of hydrogen-bond donors (Lipinski definition) is 0. The molecule has 104 valence electrons. The maximum atomic E-state index is 11.9. The van der Waals surface area contributed by atoms with Gasteiger partial charge in [0.2, 0.25) is 5.91 Å². The zero-order chi connectivity index (χ0) is 13.5. The number of rotatable bonds is 7. The third-order valence-corrected chi connectivity index (χ3v) is 3.81. The second-order valence-corrected chi connectivity index (χ2v) is 5.15. The summed E-state index contributed by atoms with van der Waals surface area (Å²) in [5, 5.41) is 0. The van der Waals surface area contributed by atoms with Gasteiger partial charge in [-0.1, -0.05) is 0 Å². The molecule has 0 heterocycles. The molecule has 1 unspecified atom stereocenters. The van der Waals surface area contributed by atoms with E-state index in [4.69, 9.17) is 0 Å². The van der Waals surface area contributed by atoms with Gasteiger partial charge < -0.3 is 4.90 Å². The van der Waals surface area contributed by atoms with Gasteiger partial charge in [-0.25, -0.2) is 0 Å². The Morgan fingerprint density at radius 1 is 1.33 bits per heavy atom. The summed E-state index contributed by atoms with van der Waals surface area (Å²) in [5.41, 5.74) is 0. The number of likely N-dealkylation sites (N-methyl/N-ethyl adjacent to an activating group) is 2. The van der Waals surface area contributed by atoms with Crippen LogP contribution in [0.1, 0.15) is 39.5 Å². The highest BCUT2D eigenvalue weighted by Crippen LogP contribution is 2.24. The Morgan fingerprint density at radius 3 is 2.50 bits per heavy atom. The molecule has 0 bridgehead atoms. The molecule has 18 heavy (non-hydrogen) atoms. The van der Waals surface area contributed by atoms with Gasteiger partial charge in [0.05, 0.1) is 6.54 Å². The fourth-order valence-electron chi connectivity index (χ4n) is 2.56. The summed E-state index contributed by atoms with van der Waals surface area (Å²) in [7, 11) is 1.96. The maximum absolute atomic E-state index is 11.9. The second kappa shape index (κ2) is 7.52. The topological polar surface area (TPSA) is 40.6 Å². The van der Waals surface area contributed by atoms with Crippen molar-refractivity contribution in [2.24, 2.45) is 5.92 Å². The number of ketones is 1. The number of carbonyl (C=O) groups excluding carboxylic acids is 2. The molecule has 1 aliphatic rings. The van der Waals surface area contributed by atoms with E-state index in [2.05, 4.69) is 0 Å². The molecule has 0 N–H and O–H groups in total. The Hall–Kier alpha value is -0.900. The standard InChI is InChI=1S/C14H26N2O2/c1-4-16(5-2)14(18)11-15(3)10-9-12-7-6-8-13(12)17/h12H,4-11H2,1-3H3. The van der Waals surface area contributed by atoms with Crippen LogP contribution in [0.15, 0.2) is 0 Å². The molecule has 0 aromatic heterocycles. The minimum atomic E-state index is 0.181. The Labute approximate surface area is 110 Å². The Balaban J connectivity index is 2.26. The maximum Gasteiger partial charge on any atom is 0.236 e. The molecule has 0 saturated heterocycles. The van der Waals surface area contributed by atoms with Gasteiger partial charge in [-0.3, -0.25) is 14.5 Å². The molecule has 1 rings (SSSR count). The Morgan fingerprint density at radius 2 is 2.00 bits per heavy atom. The molecular formula is C14H26N2O2. The minimum Gasteiger partial charge on any atom is -0.342 e. The van der Waals surface area contributed by atoms with E-state index < -0.39 is 0 Å². The van der Waals surface area contributed by atoms with E-state index in [0.29, 0.717) is 12.3 Å². The van der Waals surface area contributed by atoms with E-state index in [9.17, 15) is 9.59 Å². The molecule has 0 aliphatic heterocycles. The zero-order valence-corrected chi connectivity index (χ0v) is 11.9. The van der Waals surface area contributed by atoms with Crippen LogP contribution in [0, 0.1) is 5.92 Å². The lowest BCUT2D eigenvalue weighted by molar-refractivity contribution is -0.131. The average molecular weight is 254 g/mol. The molecule has 0 radical (unpaired) electrons. The molecule has 1 fully saturated rings. The van der Waals surface area contributed by atoms with Crippen molar-refractivity contribution in [1.82, 2.24) is 9.80 Å². The largest absolute Gasteiger partial charge is 0.342 e. The van der Waals surface area contributed by atoms with Crippen LogP contribution in [0.3, 0.4) is 0 Å². The van der Waals surface area contributed by atoms with Crippen LogP contribution < -0.4 is 0 Å². The van der Waals surface area contributed by atoms with Gasteiger partial charge in [0.15, 0.2) is 0 Å². The van der Waals surface area contributed by atoms with Gasteiger partial charge in [-0.15, -0.1) is 0 Å². The fourth-order valence-corrected chi connectivity index (χ4v) is 2.56. The molecule has 0 spiro atoms. The van der Waals surface area contributed by atoms with E-state index in [1.807, 2.05) is 30.7 Å². The molecule has 0 aromatic rings.